The third-order valence-corrected chi connectivity index (χ3v) is 2.88. The molecule has 20 heavy (non-hydrogen) atoms. The lowest BCUT2D eigenvalue weighted by atomic mass is 10.1. The molecule has 1 aliphatic rings. The largest absolute Gasteiger partial charge is 0.344 e. The highest BCUT2D eigenvalue weighted by atomic mass is 19.1. The first-order chi connectivity index (χ1) is 9.60. The number of anilines is 1. The summed E-state index contributed by atoms with van der Waals surface area (Å²) in [6.07, 6.45) is 0.789. The highest BCUT2D eigenvalue weighted by Gasteiger charge is 2.27. The van der Waals surface area contributed by atoms with E-state index < -0.39 is 11.9 Å². The second-order valence-corrected chi connectivity index (χ2v) is 4.34. The van der Waals surface area contributed by atoms with E-state index in [4.69, 9.17) is 5.73 Å². The number of nitrogens with two attached hydrogens (primary N) is 1. The number of carbonyl (C=O) groups is 2. The Labute approximate surface area is 115 Å². The Morgan fingerprint density at radius 3 is 3.00 bits per heavy atom. The molecule has 0 radical (unpaired) electrons. The first kappa shape index (κ1) is 14.0. The Balaban J connectivity index is 2.16. The van der Waals surface area contributed by atoms with Crippen LogP contribution in [0.4, 0.5) is 10.1 Å². The van der Waals surface area contributed by atoms with Gasteiger partial charge >= 0.3 is 0 Å². The van der Waals surface area contributed by atoms with Gasteiger partial charge in [-0.3, -0.25) is 9.59 Å². The van der Waals surface area contributed by atoms with Crippen LogP contribution in [0.5, 0.6) is 0 Å². The smallest absolute Gasteiger partial charge is 0.246 e. The van der Waals surface area contributed by atoms with Crippen LogP contribution in [-0.4, -0.2) is 24.4 Å². The molecule has 1 heterocycles. The summed E-state index contributed by atoms with van der Waals surface area (Å²) in [7, 11) is 0. The number of benzene rings is 1. The van der Waals surface area contributed by atoms with Gasteiger partial charge < -0.3 is 16.4 Å². The molecule has 1 aromatic rings. The van der Waals surface area contributed by atoms with Crippen LogP contribution in [0.25, 0.3) is 0 Å². The quantitative estimate of drug-likeness (QED) is 0.681. The van der Waals surface area contributed by atoms with Crippen LogP contribution in [0.15, 0.2) is 18.2 Å². The molecule has 4 N–H and O–H groups in total. The molecule has 2 amide bonds. The minimum Gasteiger partial charge on any atom is -0.344 e. The monoisotopic (exact) mass is 275 g/mol. The van der Waals surface area contributed by atoms with Gasteiger partial charge in [0.1, 0.15) is 11.9 Å². The van der Waals surface area contributed by atoms with Gasteiger partial charge in [-0.15, -0.1) is 0 Å². The average molecular weight is 275 g/mol. The van der Waals surface area contributed by atoms with Crippen molar-refractivity contribution in [1.82, 2.24) is 5.32 Å². The molecule has 6 heteroatoms. The van der Waals surface area contributed by atoms with Gasteiger partial charge in [-0.2, -0.15) is 0 Å². The van der Waals surface area contributed by atoms with Crippen molar-refractivity contribution in [3.05, 3.63) is 29.6 Å². The predicted octanol–water partition coefficient (Wildman–Crippen LogP) is 0.353. The average Bonchev–Trinajstić information content (AvgIpc) is 2.85. The van der Waals surface area contributed by atoms with Crippen LogP contribution in [0.2, 0.25) is 0 Å². The van der Waals surface area contributed by atoms with Gasteiger partial charge in [-0.05, 0) is 24.6 Å². The van der Waals surface area contributed by atoms with Gasteiger partial charge in [0.25, 0.3) is 0 Å². The van der Waals surface area contributed by atoms with Crippen molar-refractivity contribution < 1.29 is 14.0 Å². The lowest BCUT2D eigenvalue weighted by Crippen LogP contribution is -2.37. The van der Waals surface area contributed by atoms with Crippen molar-refractivity contribution in [1.29, 1.82) is 0 Å². The van der Waals surface area contributed by atoms with Gasteiger partial charge in [0.2, 0.25) is 11.8 Å². The van der Waals surface area contributed by atoms with Crippen molar-refractivity contribution in [2.45, 2.75) is 18.9 Å². The van der Waals surface area contributed by atoms with Gasteiger partial charge in [0.05, 0.1) is 17.8 Å². The fourth-order valence-corrected chi connectivity index (χ4v) is 1.91. The summed E-state index contributed by atoms with van der Waals surface area (Å²) in [6, 6.07) is 3.34. The first-order valence-corrected chi connectivity index (χ1v) is 6.19. The Bertz CT molecular complexity index is 604. The fourth-order valence-electron chi connectivity index (χ4n) is 1.91. The van der Waals surface area contributed by atoms with Crippen molar-refractivity contribution in [2.75, 3.05) is 11.9 Å². The van der Waals surface area contributed by atoms with E-state index in [1.165, 1.54) is 18.2 Å². The zero-order valence-corrected chi connectivity index (χ0v) is 10.7. The van der Waals surface area contributed by atoms with Crippen molar-refractivity contribution in [3.8, 4) is 11.8 Å². The van der Waals surface area contributed by atoms with E-state index in [0.717, 1.165) is 0 Å². The molecule has 1 atom stereocenters. The lowest BCUT2D eigenvalue weighted by molar-refractivity contribution is -0.122. The number of halogens is 1. The van der Waals surface area contributed by atoms with Crippen LogP contribution in [0.1, 0.15) is 18.4 Å². The molecular formula is C14H14FN3O2. The maximum absolute atomic E-state index is 13.2. The summed E-state index contributed by atoms with van der Waals surface area (Å²) in [5.74, 6) is 4.39. The van der Waals surface area contributed by atoms with Crippen LogP contribution in [-0.2, 0) is 9.59 Å². The van der Waals surface area contributed by atoms with Crippen LogP contribution in [0.3, 0.4) is 0 Å². The molecular weight excluding hydrogens is 261 g/mol. The Morgan fingerprint density at radius 1 is 1.55 bits per heavy atom. The third-order valence-electron chi connectivity index (χ3n) is 2.88. The van der Waals surface area contributed by atoms with Crippen molar-refractivity contribution in [2.24, 2.45) is 5.73 Å². The summed E-state index contributed by atoms with van der Waals surface area (Å²) in [6.45, 7) is 0.141. The van der Waals surface area contributed by atoms with Crippen LogP contribution < -0.4 is 16.4 Å². The standard InChI is InChI=1S/C14H14FN3O2/c15-10-3-4-11(9(8-10)2-1-7-16)18-14(20)12-5-6-13(19)17-12/h3-4,8,12H,5-7,16H2,(H,17,19)(H,18,20). The summed E-state index contributed by atoms with van der Waals surface area (Å²) in [5, 5.41) is 5.21. The third kappa shape index (κ3) is 3.33. The molecule has 0 bridgehead atoms. The second-order valence-electron chi connectivity index (χ2n) is 4.34. The van der Waals surface area contributed by atoms with Crippen molar-refractivity contribution in [3.63, 3.8) is 0 Å². The summed E-state index contributed by atoms with van der Waals surface area (Å²) < 4.78 is 13.2. The molecule has 1 fully saturated rings. The highest BCUT2D eigenvalue weighted by Crippen LogP contribution is 2.17. The molecule has 0 aromatic heterocycles. The SMILES string of the molecule is NCC#Cc1cc(F)ccc1NC(=O)C1CCC(=O)N1. The van der Waals surface area contributed by atoms with Gasteiger partial charge in [-0.25, -0.2) is 4.39 Å². The van der Waals surface area contributed by atoms with Crippen molar-refractivity contribution >= 4 is 17.5 Å². The Kier molecular flexibility index (Phi) is 4.33. The fraction of sp³-hybridized carbons (Fsp3) is 0.286. The minimum atomic E-state index is -0.553. The Hall–Kier alpha value is -2.39. The van der Waals surface area contributed by atoms with Gasteiger partial charge in [-0.1, -0.05) is 11.8 Å². The molecule has 1 aromatic carbocycles. The molecule has 0 spiro atoms. The number of amides is 2. The topological polar surface area (TPSA) is 84.2 Å². The number of hydrogen-bond acceptors (Lipinski definition) is 3. The van der Waals surface area contributed by atoms with E-state index in [9.17, 15) is 14.0 Å². The summed E-state index contributed by atoms with van der Waals surface area (Å²) in [4.78, 5) is 23.1. The lowest BCUT2D eigenvalue weighted by Gasteiger charge is -2.12. The van der Waals surface area contributed by atoms with Crippen LogP contribution in [0, 0.1) is 17.7 Å². The molecule has 0 saturated carbocycles. The highest BCUT2D eigenvalue weighted by molar-refractivity contribution is 5.99. The maximum Gasteiger partial charge on any atom is 0.246 e. The normalized spacial score (nSPS) is 17.1. The molecule has 104 valence electrons. The number of rotatable bonds is 2. The molecule has 2 rings (SSSR count). The predicted molar refractivity (Wildman–Crippen MR) is 72.1 cm³/mol. The van der Waals surface area contributed by atoms with E-state index in [0.29, 0.717) is 24.1 Å². The minimum absolute atomic E-state index is 0.141. The van der Waals surface area contributed by atoms with Gasteiger partial charge in [0.15, 0.2) is 0 Å². The summed E-state index contributed by atoms with van der Waals surface area (Å²) in [5.41, 5.74) is 6.03. The number of hydrogen-bond donors (Lipinski definition) is 3. The van der Waals surface area contributed by atoms with Crippen LogP contribution >= 0.6 is 0 Å². The van der Waals surface area contributed by atoms with Gasteiger partial charge in [0, 0.05) is 6.42 Å². The number of carbonyl (C=O) groups excluding carboxylic acids is 2. The first-order valence-electron chi connectivity index (χ1n) is 6.19. The molecule has 0 aliphatic carbocycles. The molecule has 1 aliphatic heterocycles. The second kappa shape index (κ2) is 6.17. The summed E-state index contributed by atoms with van der Waals surface area (Å²) >= 11 is 0. The molecule has 5 nitrogen and oxygen atoms in total. The van der Waals surface area contributed by atoms with E-state index in [-0.39, 0.29) is 18.4 Å². The zero-order chi connectivity index (χ0) is 14.5. The number of nitrogens with one attached hydrogen (secondary N) is 2. The van der Waals surface area contributed by atoms with E-state index >= 15 is 0 Å². The Morgan fingerprint density at radius 2 is 2.35 bits per heavy atom. The zero-order valence-electron chi connectivity index (χ0n) is 10.7. The maximum atomic E-state index is 13.2. The molecule has 1 saturated heterocycles. The van der Waals surface area contributed by atoms with E-state index in [2.05, 4.69) is 22.5 Å². The van der Waals surface area contributed by atoms with E-state index in [1.54, 1.807) is 0 Å². The van der Waals surface area contributed by atoms with E-state index in [1.807, 2.05) is 0 Å². The molecule has 1 unspecified atom stereocenters.